The Balaban J connectivity index is 1.80. The van der Waals surface area contributed by atoms with E-state index in [4.69, 9.17) is 0 Å². The molecule has 0 bridgehead atoms. The van der Waals surface area contributed by atoms with E-state index in [0.717, 1.165) is 22.3 Å². The van der Waals surface area contributed by atoms with E-state index in [0.29, 0.717) is 43.7 Å². The van der Waals surface area contributed by atoms with Crippen molar-refractivity contribution < 1.29 is 14.4 Å². The van der Waals surface area contributed by atoms with Gasteiger partial charge >= 0.3 is 0 Å². The molecule has 3 aromatic rings. The lowest BCUT2D eigenvalue weighted by molar-refractivity contribution is -0.135. The number of aryl methyl sites for hydroxylation is 3. The van der Waals surface area contributed by atoms with Gasteiger partial charge in [0, 0.05) is 37.8 Å². The first kappa shape index (κ1) is 26.1. The molecular formula is C31H35N3O3. The molecule has 0 saturated carbocycles. The van der Waals surface area contributed by atoms with Crippen LogP contribution in [0.4, 0.5) is 5.69 Å². The second-order valence-corrected chi connectivity index (χ2v) is 10.1. The van der Waals surface area contributed by atoms with Crippen molar-refractivity contribution in [1.29, 1.82) is 0 Å². The molecule has 0 radical (unpaired) electrons. The Morgan fingerprint density at radius 1 is 0.838 bits per heavy atom. The third-order valence-electron chi connectivity index (χ3n) is 7.15. The van der Waals surface area contributed by atoms with Crippen molar-refractivity contribution >= 4 is 23.4 Å². The standard InChI is InChI=1S/C31H35N3O3/c1-22-10-12-27(13-11-22)29(36)34(28-19-23(2)18-24(3)20-28)31(14-16-33(17-15-31)25(4)35)30(37)32-21-26-8-6-5-7-9-26/h5-13,18-20H,14-17,21H2,1-4H3,(H,32,37). The molecule has 6 nitrogen and oxygen atoms in total. The molecule has 3 aromatic carbocycles. The lowest BCUT2D eigenvalue weighted by atomic mass is 9.83. The number of amides is 3. The molecule has 6 heteroatoms. The van der Waals surface area contributed by atoms with Crippen LogP contribution in [0.15, 0.2) is 72.8 Å². The van der Waals surface area contributed by atoms with E-state index in [1.807, 2.05) is 87.5 Å². The van der Waals surface area contributed by atoms with Gasteiger partial charge in [-0.1, -0.05) is 54.1 Å². The molecule has 1 heterocycles. The van der Waals surface area contributed by atoms with Crippen molar-refractivity contribution in [1.82, 2.24) is 10.2 Å². The van der Waals surface area contributed by atoms with Gasteiger partial charge in [-0.05, 0) is 74.6 Å². The Kier molecular flexibility index (Phi) is 7.77. The number of piperidine rings is 1. The Morgan fingerprint density at radius 3 is 2.00 bits per heavy atom. The van der Waals surface area contributed by atoms with Crippen LogP contribution in [0, 0.1) is 20.8 Å². The van der Waals surface area contributed by atoms with Crippen LogP contribution in [0.5, 0.6) is 0 Å². The Morgan fingerprint density at radius 2 is 1.43 bits per heavy atom. The minimum Gasteiger partial charge on any atom is -0.350 e. The average Bonchev–Trinajstić information content (AvgIpc) is 2.88. The highest BCUT2D eigenvalue weighted by Crippen LogP contribution is 2.36. The molecule has 0 atom stereocenters. The maximum Gasteiger partial charge on any atom is 0.259 e. The zero-order valence-electron chi connectivity index (χ0n) is 22.1. The maximum absolute atomic E-state index is 14.2. The number of likely N-dealkylation sites (tertiary alicyclic amines) is 1. The molecule has 0 aromatic heterocycles. The average molecular weight is 498 g/mol. The largest absolute Gasteiger partial charge is 0.350 e. The lowest BCUT2D eigenvalue weighted by Gasteiger charge is -2.47. The van der Waals surface area contributed by atoms with Gasteiger partial charge in [-0.15, -0.1) is 0 Å². The molecule has 0 spiro atoms. The van der Waals surface area contributed by atoms with Gasteiger partial charge in [-0.3, -0.25) is 19.3 Å². The summed E-state index contributed by atoms with van der Waals surface area (Å²) in [6, 6.07) is 23.2. The van der Waals surface area contributed by atoms with Gasteiger partial charge in [-0.2, -0.15) is 0 Å². The van der Waals surface area contributed by atoms with Gasteiger partial charge in [0.1, 0.15) is 5.54 Å². The fourth-order valence-corrected chi connectivity index (χ4v) is 5.15. The molecular weight excluding hydrogens is 462 g/mol. The van der Waals surface area contributed by atoms with Crippen LogP contribution in [-0.4, -0.2) is 41.2 Å². The number of nitrogens with zero attached hydrogens (tertiary/aromatic N) is 2. The highest BCUT2D eigenvalue weighted by molar-refractivity contribution is 6.11. The molecule has 1 N–H and O–H groups in total. The van der Waals surface area contributed by atoms with E-state index < -0.39 is 5.54 Å². The number of anilines is 1. The van der Waals surface area contributed by atoms with Crippen molar-refractivity contribution in [3.05, 3.63) is 101 Å². The number of benzene rings is 3. The van der Waals surface area contributed by atoms with Gasteiger partial charge in [0.15, 0.2) is 0 Å². The summed E-state index contributed by atoms with van der Waals surface area (Å²) < 4.78 is 0. The Bertz CT molecular complexity index is 1260. The van der Waals surface area contributed by atoms with E-state index in [-0.39, 0.29) is 17.7 Å². The van der Waals surface area contributed by atoms with E-state index in [1.165, 1.54) is 0 Å². The fraction of sp³-hybridized carbons (Fsp3) is 0.323. The molecule has 37 heavy (non-hydrogen) atoms. The number of hydrogen-bond donors (Lipinski definition) is 1. The first-order valence-electron chi connectivity index (χ1n) is 12.8. The van der Waals surface area contributed by atoms with E-state index in [1.54, 1.807) is 16.7 Å². The van der Waals surface area contributed by atoms with Crippen LogP contribution >= 0.6 is 0 Å². The molecule has 1 saturated heterocycles. The number of hydrogen-bond acceptors (Lipinski definition) is 3. The minimum atomic E-state index is -1.15. The highest BCUT2D eigenvalue weighted by atomic mass is 16.2. The van der Waals surface area contributed by atoms with Gasteiger partial charge in [0.25, 0.3) is 5.91 Å². The van der Waals surface area contributed by atoms with Gasteiger partial charge in [-0.25, -0.2) is 0 Å². The molecule has 192 valence electrons. The monoisotopic (exact) mass is 497 g/mol. The summed E-state index contributed by atoms with van der Waals surface area (Å²) in [4.78, 5) is 44.0. The SMILES string of the molecule is CC(=O)N1CCC(C(=O)NCc2ccccc2)(N(C(=O)c2ccc(C)cc2)c2cc(C)cc(C)c2)CC1. The molecule has 0 aliphatic carbocycles. The second-order valence-electron chi connectivity index (χ2n) is 10.1. The van der Waals surface area contributed by atoms with Crippen molar-refractivity contribution in [2.45, 2.75) is 52.6 Å². The van der Waals surface area contributed by atoms with Gasteiger partial charge < -0.3 is 10.2 Å². The third-order valence-corrected chi connectivity index (χ3v) is 7.15. The number of carbonyl (C=O) groups is 3. The molecule has 1 aliphatic rings. The number of nitrogens with one attached hydrogen (secondary N) is 1. The van der Waals surface area contributed by atoms with E-state index in [2.05, 4.69) is 11.4 Å². The first-order chi connectivity index (χ1) is 17.7. The van der Waals surface area contributed by atoms with Crippen LogP contribution < -0.4 is 10.2 Å². The minimum absolute atomic E-state index is 0.0268. The van der Waals surface area contributed by atoms with E-state index in [9.17, 15) is 14.4 Å². The van der Waals surface area contributed by atoms with Crippen LogP contribution in [0.25, 0.3) is 0 Å². The molecule has 4 rings (SSSR count). The predicted molar refractivity (Wildman–Crippen MR) is 146 cm³/mol. The van der Waals surface area contributed by atoms with Gasteiger partial charge in [0.05, 0.1) is 0 Å². The quantitative estimate of drug-likeness (QED) is 0.524. The fourth-order valence-electron chi connectivity index (χ4n) is 5.15. The number of carbonyl (C=O) groups excluding carboxylic acids is 3. The summed E-state index contributed by atoms with van der Waals surface area (Å²) in [5, 5.41) is 3.11. The van der Waals surface area contributed by atoms with Crippen molar-refractivity contribution in [3.8, 4) is 0 Å². The molecule has 3 amide bonds. The summed E-state index contributed by atoms with van der Waals surface area (Å²) in [5.41, 5.74) is 4.12. The predicted octanol–water partition coefficient (Wildman–Crippen LogP) is 4.96. The summed E-state index contributed by atoms with van der Waals surface area (Å²) in [5.74, 6) is -0.462. The molecule has 1 aliphatic heterocycles. The summed E-state index contributed by atoms with van der Waals surface area (Å²) in [6.07, 6.45) is 0.690. The van der Waals surface area contributed by atoms with E-state index >= 15 is 0 Å². The van der Waals surface area contributed by atoms with Crippen molar-refractivity contribution in [2.24, 2.45) is 0 Å². The Hall–Kier alpha value is -3.93. The van der Waals surface area contributed by atoms with Crippen LogP contribution in [-0.2, 0) is 16.1 Å². The first-order valence-corrected chi connectivity index (χ1v) is 12.8. The van der Waals surface area contributed by atoms with Gasteiger partial charge in [0.2, 0.25) is 11.8 Å². The zero-order valence-corrected chi connectivity index (χ0v) is 22.1. The van der Waals surface area contributed by atoms with Crippen LogP contribution in [0.1, 0.15) is 52.4 Å². The smallest absolute Gasteiger partial charge is 0.259 e. The summed E-state index contributed by atoms with van der Waals surface area (Å²) >= 11 is 0. The maximum atomic E-state index is 14.2. The van der Waals surface area contributed by atoms with Crippen LogP contribution in [0.3, 0.4) is 0 Å². The van der Waals surface area contributed by atoms with Crippen LogP contribution in [0.2, 0.25) is 0 Å². The topological polar surface area (TPSA) is 69.7 Å². The van der Waals surface area contributed by atoms with Crippen molar-refractivity contribution in [2.75, 3.05) is 18.0 Å². The number of rotatable bonds is 6. The molecule has 0 unspecified atom stereocenters. The Labute approximate surface area is 219 Å². The summed E-state index contributed by atoms with van der Waals surface area (Å²) in [7, 11) is 0. The second kappa shape index (κ2) is 11.0. The zero-order chi connectivity index (χ0) is 26.6. The highest BCUT2D eigenvalue weighted by Gasteiger charge is 2.49. The molecule has 1 fully saturated rings. The lowest BCUT2D eigenvalue weighted by Crippen LogP contribution is -2.65. The normalized spacial score (nSPS) is 14.6. The third kappa shape index (κ3) is 5.74. The van der Waals surface area contributed by atoms with Crippen molar-refractivity contribution in [3.63, 3.8) is 0 Å². The summed E-state index contributed by atoms with van der Waals surface area (Å²) in [6.45, 7) is 8.66.